The van der Waals surface area contributed by atoms with E-state index in [9.17, 15) is 18.0 Å². The molecule has 4 heterocycles. The second-order valence-electron chi connectivity index (χ2n) is 7.53. The van der Waals surface area contributed by atoms with Gasteiger partial charge in [0.2, 0.25) is 0 Å². The van der Waals surface area contributed by atoms with Gasteiger partial charge in [0.05, 0.1) is 22.6 Å². The Kier molecular flexibility index (Phi) is 4.24. The minimum absolute atomic E-state index is 0.205. The predicted octanol–water partition coefficient (Wildman–Crippen LogP) is 3.46. The Morgan fingerprint density at radius 1 is 1.13 bits per heavy atom. The molecule has 0 atom stereocenters. The molecule has 5 rings (SSSR count). The summed E-state index contributed by atoms with van der Waals surface area (Å²) in [5.41, 5.74) is 1.84. The molecule has 3 N–H and O–H groups in total. The molecule has 1 amide bonds. The Balaban J connectivity index is 1.62. The fraction of sp³-hybridized carbons (Fsp3) is 0.300. The van der Waals surface area contributed by atoms with Gasteiger partial charge in [-0.2, -0.15) is 18.3 Å². The van der Waals surface area contributed by atoms with Gasteiger partial charge >= 0.3 is 6.18 Å². The van der Waals surface area contributed by atoms with Crippen molar-refractivity contribution in [2.45, 2.75) is 32.4 Å². The van der Waals surface area contributed by atoms with Gasteiger partial charge in [0.25, 0.3) is 5.91 Å². The van der Waals surface area contributed by atoms with Gasteiger partial charge in [0, 0.05) is 30.4 Å². The minimum Gasteiger partial charge on any atom is -0.357 e. The van der Waals surface area contributed by atoms with Crippen LogP contribution in [0, 0.1) is 12.7 Å². The van der Waals surface area contributed by atoms with E-state index in [0.717, 1.165) is 11.8 Å². The molecule has 0 spiro atoms. The van der Waals surface area contributed by atoms with Crippen molar-refractivity contribution in [3.8, 4) is 11.3 Å². The van der Waals surface area contributed by atoms with E-state index >= 15 is 4.39 Å². The van der Waals surface area contributed by atoms with Gasteiger partial charge in [0.1, 0.15) is 0 Å². The fourth-order valence-corrected chi connectivity index (χ4v) is 4.16. The van der Waals surface area contributed by atoms with E-state index in [-0.39, 0.29) is 23.0 Å². The molecule has 160 valence electrons. The van der Waals surface area contributed by atoms with Crippen LogP contribution < -0.4 is 10.6 Å². The molecule has 31 heavy (non-hydrogen) atoms. The smallest absolute Gasteiger partial charge is 0.357 e. The van der Waals surface area contributed by atoms with Crippen LogP contribution in [0.4, 0.5) is 29.1 Å². The largest absolute Gasteiger partial charge is 0.437 e. The number of halogens is 4. The molecular formula is C20H16F4N6O. The van der Waals surface area contributed by atoms with Crippen LogP contribution in [0.1, 0.15) is 38.6 Å². The van der Waals surface area contributed by atoms with Crippen LogP contribution in [-0.4, -0.2) is 32.6 Å². The van der Waals surface area contributed by atoms with E-state index in [2.05, 4.69) is 30.8 Å². The first-order valence-corrected chi connectivity index (χ1v) is 9.62. The Bertz CT molecular complexity index is 1230. The SMILES string of the molecule is Cc1cc(Nc2ncc3c(c2F)-c2[nH]c4c(c2CC3)C(=O)NCC4)c(C(F)(F)F)nn1. The molecule has 0 radical (unpaired) electrons. The molecule has 0 unspecified atom stereocenters. The Morgan fingerprint density at radius 2 is 1.94 bits per heavy atom. The van der Waals surface area contributed by atoms with Crippen LogP contribution in [0.3, 0.4) is 0 Å². The molecule has 0 aromatic carbocycles. The molecule has 1 aliphatic carbocycles. The number of alkyl halides is 3. The molecule has 0 saturated carbocycles. The van der Waals surface area contributed by atoms with Crippen LogP contribution in [0.2, 0.25) is 0 Å². The van der Waals surface area contributed by atoms with E-state index in [0.29, 0.717) is 48.2 Å². The van der Waals surface area contributed by atoms with Crippen molar-refractivity contribution in [1.29, 1.82) is 0 Å². The first kappa shape index (κ1) is 19.5. The van der Waals surface area contributed by atoms with Crippen molar-refractivity contribution in [2.75, 3.05) is 11.9 Å². The van der Waals surface area contributed by atoms with E-state index in [1.54, 1.807) is 0 Å². The van der Waals surface area contributed by atoms with Crippen molar-refractivity contribution in [3.63, 3.8) is 0 Å². The lowest BCUT2D eigenvalue weighted by atomic mass is 9.88. The lowest BCUT2D eigenvalue weighted by Gasteiger charge is -2.20. The number of carbonyl (C=O) groups excluding carboxylic acids is 1. The lowest BCUT2D eigenvalue weighted by Crippen LogP contribution is -2.32. The summed E-state index contributed by atoms with van der Waals surface area (Å²) < 4.78 is 55.5. The molecule has 0 fully saturated rings. The van der Waals surface area contributed by atoms with Gasteiger partial charge in [-0.05, 0) is 37.0 Å². The molecule has 3 aromatic heterocycles. The summed E-state index contributed by atoms with van der Waals surface area (Å²) in [4.78, 5) is 19.5. The summed E-state index contributed by atoms with van der Waals surface area (Å²) in [7, 11) is 0. The maximum Gasteiger partial charge on any atom is 0.437 e. The van der Waals surface area contributed by atoms with Crippen LogP contribution in [0.25, 0.3) is 11.3 Å². The molecule has 11 heteroatoms. The third-order valence-electron chi connectivity index (χ3n) is 5.50. The minimum atomic E-state index is -4.77. The number of fused-ring (bicyclic) bond motifs is 5. The van der Waals surface area contributed by atoms with Gasteiger partial charge in [0.15, 0.2) is 17.3 Å². The zero-order valence-electron chi connectivity index (χ0n) is 16.2. The number of pyridine rings is 1. The van der Waals surface area contributed by atoms with Crippen LogP contribution in [0.15, 0.2) is 12.3 Å². The summed E-state index contributed by atoms with van der Waals surface area (Å²) in [6.45, 7) is 1.97. The van der Waals surface area contributed by atoms with Crippen molar-refractivity contribution in [2.24, 2.45) is 0 Å². The average Bonchev–Trinajstić information content (AvgIpc) is 3.09. The van der Waals surface area contributed by atoms with Gasteiger partial charge in [-0.3, -0.25) is 4.79 Å². The molecule has 3 aromatic rings. The second-order valence-corrected chi connectivity index (χ2v) is 7.53. The predicted molar refractivity (Wildman–Crippen MR) is 102 cm³/mol. The standard InChI is InChI=1S/C20H16F4N6O/c1-8-6-12(17(30-29-8)20(22,23)24)28-18-15(21)13-9(7-26-18)2-3-10-14-11(27-16(10)13)4-5-25-19(14)31/h6-7,27H,2-5H2,1H3,(H,25,31)(H,26,28,29). The number of hydrogen-bond acceptors (Lipinski definition) is 5. The Labute approximate surface area is 173 Å². The van der Waals surface area contributed by atoms with Crippen LogP contribution in [0.5, 0.6) is 0 Å². The highest BCUT2D eigenvalue weighted by molar-refractivity contribution is 6.00. The van der Waals surface area contributed by atoms with Gasteiger partial charge < -0.3 is 15.6 Å². The number of H-pyrrole nitrogens is 1. The highest BCUT2D eigenvalue weighted by atomic mass is 19.4. The van der Waals surface area contributed by atoms with Crippen molar-refractivity contribution >= 4 is 17.4 Å². The first-order chi connectivity index (χ1) is 14.7. The number of nitrogens with one attached hydrogen (secondary N) is 3. The number of aromatic amines is 1. The maximum absolute atomic E-state index is 15.5. The van der Waals surface area contributed by atoms with E-state index in [1.807, 2.05) is 0 Å². The zero-order chi connectivity index (χ0) is 21.9. The number of carbonyl (C=O) groups is 1. The molecular weight excluding hydrogens is 416 g/mol. The number of hydrogen-bond donors (Lipinski definition) is 3. The molecule has 0 bridgehead atoms. The van der Waals surface area contributed by atoms with Crippen molar-refractivity contribution < 1.29 is 22.4 Å². The van der Waals surface area contributed by atoms with Gasteiger partial charge in [-0.15, -0.1) is 5.10 Å². The monoisotopic (exact) mass is 432 g/mol. The molecule has 2 aliphatic rings. The number of aromatic nitrogens is 4. The normalized spacial score (nSPS) is 15.1. The summed E-state index contributed by atoms with van der Waals surface area (Å²) in [5, 5.41) is 11.9. The summed E-state index contributed by atoms with van der Waals surface area (Å²) >= 11 is 0. The van der Waals surface area contributed by atoms with Crippen molar-refractivity contribution in [1.82, 2.24) is 25.5 Å². The molecule has 1 aliphatic heterocycles. The zero-order valence-corrected chi connectivity index (χ0v) is 16.2. The average molecular weight is 432 g/mol. The second kappa shape index (κ2) is 6.76. The summed E-state index contributed by atoms with van der Waals surface area (Å²) in [5.74, 6) is -1.36. The number of nitrogens with zero attached hydrogens (tertiary/aromatic N) is 3. The van der Waals surface area contributed by atoms with Crippen LogP contribution >= 0.6 is 0 Å². The van der Waals surface area contributed by atoms with Gasteiger partial charge in [-0.25, -0.2) is 9.37 Å². The third kappa shape index (κ3) is 3.11. The highest BCUT2D eigenvalue weighted by Crippen LogP contribution is 2.41. The highest BCUT2D eigenvalue weighted by Gasteiger charge is 2.37. The maximum atomic E-state index is 15.5. The first-order valence-electron chi connectivity index (χ1n) is 9.62. The van der Waals surface area contributed by atoms with Crippen LogP contribution in [-0.2, 0) is 25.4 Å². The molecule has 0 saturated heterocycles. The number of anilines is 2. The number of aryl methyl sites for hydroxylation is 2. The quantitative estimate of drug-likeness (QED) is 0.539. The lowest BCUT2D eigenvalue weighted by molar-refractivity contribution is -0.141. The number of amides is 1. The fourth-order valence-electron chi connectivity index (χ4n) is 4.16. The Morgan fingerprint density at radius 3 is 2.71 bits per heavy atom. The summed E-state index contributed by atoms with van der Waals surface area (Å²) in [6, 6.07) is 1.14. The van der Waals surface area contributed by atoms with Gasteiger partial charge in [-0.1, -0.05) is 0 Å². The van der Waals surface area contributed by atoms with Crippen molar-refractivity contribution in [3.05, 3.63) is 51.9 Å². The van der Waals surface area contributed by atoms with E-state index < -0.39 is 23.4 Å². The summed E-state index contributed by atoms with van der Waals surface area (Å²) in [6.07, 6.45) is -1.72. The van der Waals surface area contributed by atoms with E-state index in [4.69, 9.17) is 0 Å². The van der Waals surface area contributed by atoms with E-state index in [1.165, 1.54) is 13.1 Å². The third-order valence-corrected chi connectivity index (χ3v) is 5.50. The molecule has 7 nitrogen and oxygen atoms in total. The Hall–Kier alpha value is -3.50. The number of rotatable bonds is 2. The topological polar surface area (TPSA) is 95.6 Å².